The second-order valence-electron chi connectivity index (χ2n) is 6.45. The first-order valence-corrected chi connectivity index (χ1v) is 9.67. The highest BCUT2D eigenvalue weighted by Gasteiger charge is 2.19. The molecule has 3 rings (SSSR count). The zero-order valence-electron chi connectivity index (χ0n) is 16.0. The van der Waals surface area contributed by atoms with Crippen molar-refractivity contribution in [2.24, 2.45) is 5.73 Å². The second-order valence-corrected chi connectivity index (χ2v) is 7.54. The van der Waals surface area contributed by atoms with Gasteiger partial charge in [-0.1, -0.05) is 5.92 Å². The lowest BCUT2D eigenvalue weighted by molar-refractivity contribution is -0.118. The Bertz CT molecular complexity index is 1090. The fourth-order valence-corrected chi connectivity index (χ4v) is 3.55. The Morgan fingerprint density at radius 3 is 2.93 bits per heavy atom. The van der Waals surface area contributed by atoms with Crippen molar-refractivity contribution in [3.05, 3.63) is 28.2 Å². The lowest BCUT2D eigenvalue weighted by atomic mass is 10.1. The molecule has 0 saturated heterocycles. The first-order chi connectivity index (χ1) is 13.4. The standard InChI is InChI=1S/C20H21N5O2S/c1-5-6-7-14-13(4)28-10-15(14)18-23-19-17(22-11-25(19)12(2)3)20(24-18)27-9-8-16(21)26/h1,6-7,10-12H,8-9H2,2-4H3,(H2,21,26)/b7-6-. The highest BCUT2D eigenvalue weighted by molar-refractivity contribution is 7.10. The fourth-order valence-electron chi connectivity index (χ4n) is 2.71. The smallest absolute Gasteiger partial charge is 0.246 e. The predicted molar refractivity (Wildman–Crippen MR) is 111 cm³/mol. The number of rotatable bonds is 7. The van der Waals surface area contributed by atoms with Gasteiger partial charge in [0.1, 0.15) is 0 Å². The van der Waals surface area contributed by atoms with E-state index >= 15 is 0 Å². The SMILES string of the molecule is C#C/C=C\c1c(-c2nc(OCCC(N)=O)c3ncn(C(C)C)c3n2)csc1C. The van der Waals surface area contributed by atoms with Gasteiger partial charge in [-0.2, -0.15) is 4.98 Å². The molecule has 3 heterocycles. The number of terminal acetylenes is 1. The summed E-state index contributed by atoms with van der Waals surface area (Å²) in [6, 6.07) is 0.163. The molecule has 0 bridgehead atoms. The molecule has 3 aromatic heterocycles. The number of ether oxygens (including phenoxy) is 1. The van der Waals surface area contributed by atoms with Gasteiger partial charge in [0, 0.05) is 21.9 Å². The summed E-state index contributed by atoms with van der Waals surface area (Å²) in [5, 5.41) is 2.00. The van der Waals surface area contributed by atoms with Crippen LogP contribution in [-0.4, -0.2) is 32.0 Å². The molecule has 0 saturated carbocycles. The Morgan fingerprint density at radius 1 is 1.46 bits per heavy atom. The van der Waals surface area contributed by atoms with Gasteiger partial charge >= 0.3 is 0 Å². The van der Waals surface area contributed by atoms with Gasteiger partial charge in [0.25, 0.3) is 0 Å². The van der Waals surface area contributed by atoms with Crippen LogP contribution < -0.4 is 10.5 Å². The minimum atomic E-state index is -0.437. The van der Waals surface area contributed by atoms with Crippen LogP contribution in [0.4, 0.5) is 0 Å². The number of thiophene rings is 1. The summed E-state index contributed by atoms with van der Waals surface area (Å²) >= 11 is 1.60. The lowest BCUT2D eigenvalue weighted by Crippen LogP contribution is -2.15. The molecule has 144 valence electrons. The van der Waals surface area contributed by atoms with E-state index in [2.05, 4.69) is 15.9 Å². The number of nitrogens with two attached hydrogens (primary N) is 1. The van der Waals surface area contributed by atoms with Gasteiger partial charge in [-0.25, -0.2) is 9.97 Å². The summed E-state index contributed by atoms with van der Waals surface area (Å²) < 4.78 is 7.69. The van der Waals surface area contributed by atoms with E-state index in [1.165, 1.54) is 0 Å². The van der Waals surface area contributed by atoms with Crippen LogP contribution in [0.5, 0.6) is 5.88 Å². The number of imidazole rings is 1. The van der Waals surface area contributed by atoms with E-state index in [1.54, 1.807) is 23.7 Å². The van der Waals surface area contributed by atoms with Gasteiger partial charge < -0.3 is 15.0 Å². The van der Waals surface area contributed by atoms with Crippen LogP contribution in [0.1, 0.15) is 36.8 Å². The number of aromatic nitrogens is 4. The molecule has 3 aromatic rings. The maximum atomic E-state index is 11.1. The molecule has 0 aromatic carbocycles. The van der Waals surface area contributed by atoms with Crippen molar-refractivity contribution in [3.63, 3.8) is 0 Å². The molecule has 1 amide bonds. The Balaban J connectivity index is 2.15. The molecule has 0 aliphatic rings. The maximum Gasteiger partial charge on any atom is 0.246 e. The number of primary amides is 1. The third kappa shape index (κ3) is 3.89. The van der Waals surface area contributed by atoms with Crippen LogP contribution in [0.25, 0.3) is 28.6 Å². The molecule has 8 heteroatoms. The summed E-state index contributed by atoms with van der Waals surface area (Å²) in [6.45, 7) is 6.24. The van der Waals surface area contributed by atoms with E-state index in [4.69, 9.17) is 21.9 Å². The summed E-state index contributed by atoms with van der Waals surface area (Å²) in [4.78, 5) is 25.9. The number of nitrogens with zero attached hydrogens (tertiary/aromatic N) is 4. The Kier molecular flexibility index (Phi) is 5.76. The summed E-state index contributed by atoms with van der Waals surface area (Å²) in [6.07, 6.45) is 10.7. The quantitative estimate of drug-likeness (QED) is 0.619. The summed E-state index contributed by atoms with van der Waals surface area (Å²) in [5.41, 5.74) is 8.27. The lowest BCUT2D eigenvalue weighted by Gasteiger charge is -2.10. The first kappa shape index (κ1) is 19.6. The van der Waals surface area contributed by atoms with Crippen LogP contribution in [0.2, 0.25) is 0 Å². The second kappa shape index (κ2) is 8.23. The monoisotopic (exact) mass is 395 g/mol. The molecule has 0 spiro atoms. The highest BCUT2D eigenvalue weighted by atomic mass is 32.1. The molecule has 28 heavy (non-hydrogen) atoms. The van der Waals surface area contributed by atoms with E-state index in [0.717, 1.165) is 16.0 Å². The zero-order chi connectivity index (χ0) is 20.3. The van der Waals surface area contributed by atoms with Crippen molar-refractivity contribution < 1.29 is 9.53 Å². The molecule has 2 N–H and O–H groups in total. The third-order valence-corrected chi connectivity index (χ3v) is 5.07. The van der Waals surface area contributed by atoms with Gasteiger partial charge in [-0.15, -0.1) is 17.8 Å². The average Bonchev–Trinajstić information content (AvgIpc) is 3.23. The van der Waals surface area contributed by atoms with E-state index in [0.29, 0.717) is 22.9 Å². The Morgan fingerprint density at radius 2 is 2.25 bits per heavy atom. The number of allylic oxidation sites excluding steroid dienone is 1. The average molecular weight is 395 g/mol. The molecule has 0 aliphatic heterocycles. The zero-order valence-corrected chi connectivity index (χ0v) is 16.8. The van der Waals surface area contributed by atoms with Crippen molar-refractivity contribution in [1.82, 2.24) is 19.5 Å². The van der Waals surface area contributed by atoms with Crippen LogP contribution in [0.15, 0.2) is 17.8 Å². The molecule has 0 atom stereocenters. The van der Waals surface area contributed by atoms with Crippen molar-refractivity contribution in [1.29, 1.82) is 0 Å². The van der Waals surface area contributed by atoms with Crippen molar-refractivity contribution in [3.8, 4) is 29.6 Å². The van der Waals surface area contributed by atoms with E-state index in [9.17, 15) is 4.79 Å². The van der Waals surface area contributed by atoms with Gasteiger partial charge in [0.2, 0.25) is 11.8 Å². The van der Waals surface area contributed by atoms with Crippen molar-refractivity contribution in [2.75, 3.05) is 6.61 Å². The largest absolute Gasteiger partial charge is 0.475 e. The van der Waals surface area contributed by atoms with Crippen LogP contribution in [0.3, 0.4) is 0 Å². The molecular weight excluding hydrogens is 374 g/mol. The highest BCUT2D eigenvalue weighted by Crippen LogP contribution is 2.33. The van der Waals surface area contributed by atoms with Gasteiger partial charge in [0.15, 0.2) is 17.0 Å². The molecule has 0 aliphatic carbocycles. The number of carbonyl (C=O) groups excluding carboxylic acids is 1. The number of hydrogen-bond donors (Lipinski definition) is 1. The van der Waals surface area contributed by atoms with Crippen molar-refractivity contribution in [2.45, 2.75) is 33.2 Å². The fraction of sp³-hybridized carbons (Fsp3) is 0.300. The number of aryl methyl sites for hydroxylation is 1. The number of fused-ring (bicyclic) bond motifs is 1. The molecule has 0 unspecified atom stereocenters. The number of amides is 1. The minimum Gasteiger partial charge on any atom is -0.475 e. The third-order valence-electron chi connectivity index (χ3n) is 4.14. The van der Waals surface area contributed by atoms with Gasteiger partial charge in [-0.05, 0) is 38.5 Å². The minimum absolute atomic E-state index is 0.0967. The molecule has 0 radical (unpaired) electrons. The normalized spacial score (nSPS) is 11.4. The predicted octanol–water partition coefficient (Wildman–Crippen LogP) is 3.34. The first-order valence-electron chi connectivity index (χ1n) is 8.79. The molecule has 7 nitrogen and oxygen atoms in total. The molecule has 0 fully saturated rings. The topological polar surface area (TPSA) is 95.9 Å². The maximum absolute atomic E-state index is 11.1. The van der Waals surface area contributed by atoms with E-state index in [1.807, 2.05) is 36.8 Å². The van der Waals surface area contributed by atoms with E-state index in [-0.39, 0.29) is 19.1 Å². The summed E-state index contributed by atoms with van der Waals surface area (Å²) in [7, 11) is 0. The van der Waals surface area contributed by atoms with Gasteiger partial charge in [-0.3, -0.25) is 4.79 Å². The summed E-state index contributed by atoms with van der Waals surface area (Å²) in [5.74, 6) is 2.92. The number of hydrogen-bond acceptors (Lipinski definition) is 6. The van der Waals surface area contributed by atoms with Crippen molar-refractivity contribution >= 4 is 34.5 Å². The van der Waals surface area contributed by atoms with E-state index < -0.39 is 5.91 Å². The van der Waals surface area contributed by atoms with Gasteiger partial charge in [0.05, 0.1) is 19.4 Å². The van der Waals surface area contributed by atoms with Crippen LogP contribution in [0, 0.1) is 19.3 Å². The Hall–Kier alpha value is -3.18. The van der Waals surface area contributed by atoms with Crippen LogP contribution in [-0.2, 0) is 4.79 Å². The number of carbonyl (C=O) groups is 1. The molecular formula is C20H21N5O2S. The van der Waals surface area contributed by atoms with Crippen LogP contribution >= 0.6 is 11.3 Å². The Labute approximate surface area is 167 Å².